The van der Waals surface area contributed by atoms with Gasteiger partial charge in [0.1, 0.15) is 14.4 Å². The molecule has 2 unspecified atom stereocenters. The van der Waals surface area contributed by atoms with Crippen LogP contribution in [0.2, 0.25) is 19.1 Å². The van der Waals surface area contributed by atoms with E-state index in [-0.39, 0.29) is 0 Å². The predicted molar refractivity (Wildman–Crippen MR) is 60.4 cm³/mol. The average Bonchev–Trinajstić information content (AvgIpc) is 2.13. The van der Waals surface area contributed by atoms with E-state index in [1.54, 1.807) is 0 Å². The van der Waals surface area contributed by atoms with Gasteiger partial charge in [0.25, 0.3) is 0 Å². The second kappa shape index (κ2) is 6.51. The molecule has 0 saturated carbocycles. The Hall–Kier alpha value is 0.0369. The molecule has 0 spiro atoms. The van der Waals surface area contributed by atoms with E-state index in [0.29, 0.717) is 6.42 Å². The van der Waals surface area contributed by atoms with E-state index in [0.717, 1.165) is 18.9 Å². The van der Waals surface area contributed by atoms with Gasteiger partial charge in [0.15, 0.2) is 6.30 Å². The Bertz CT molecular complexity index is 153. The quantitative estimate of drug-likeness (QED) is 0.513. The molecule has 0 aromatic carbocycles. The molecule has 0 saturated heterocycles. The SMILES string of the molecule is CCCCC(F)C(F)N[Si](C)(C)CC. The number of alkyl halides is 2. The van der Waals surface area contributed by atoms with E-state index in [1.165, 1.54) is 0 Å². The van der Waals surface area contributed by atoms with Gasteiger partial charge < -0.3 is 4.98 Å². The fourth-order valence-corrected chi connectivity index (χ4v) is 2.24. The molecule has 0 amide bonds. The van der Waals surface area contributed by atoms with Crippen molar-refractivity contribution in [1.29, 1.82) is 0 Å². The number of unbranched alkanes of at least 4 members (excludes halogenated alkanes) is 1. The van der Waals surface area contributed by atoms with Crippen LogP contribution in [0, 0.1) is 0 Å². The molecule has 0 rings (SSSR count). The maximum absolute atomic E-state index is 13.4. The summed E-state index contributed by atoms with van der Waals surface area (Å²) in [5, 5.41) is 0. The minimum Gasteiger partial charge on any atom is -0.306 e. The van der Waals surface area contributed by atoms with Crippen LogP contribution in [0.25, 0.3) is 0 Å². The van der Waals surface area contributed by atoms with Crippen molar-refractivity contribution in [3.8, 4) is 0 Å². The van der Waals surface area contributed by atoms with Gasteiger partial charge in [0, 0.05) is 0 Å². The summed E-state index contributed by atoms with van der Waals surface area (Å²) in [6.07, 6.45) is -0.797. The van der Waals surface area contributed by atoms with Crippen molar-refractivity contribution < 1.29 is 8.78 Å². The predicted octanol–water partition coefficient (Wildman–Crippen LogP) is 3.62. The van der Waals surface area contributed by atoms with Gasteiger partial charge in [-0.05, 0) is 12.5 Å². The minimum atomic E-state index is -1.71. The Kier molecular flexibility index (Phi) is 6.52. The van der Waals surface area contributed by atoms with Gasteiger partial charge in [0.2, 0.25) is 0 Å². The molecule has 1 nitrogen and oxygen atoms in total. The zero-order valence-electron chi connectivity index (χ0n) is 9.74. The molecule has 0 aromatic rings. The van der Waals surface area contributed by atoms with E-state index in [4.69, 9.17) is 0 Å². The first-order valence-corrected chi connectivity index (χ1v) is 8.69. The normalized spacial score (nSPS) is 16.7. The minimum absolute atomic E-state index is 0.332. The molecule has 14 heavy (non-hydrogen) atoms. The summed E-state index contributed by atoms with van der Waals surface area (Å²) in [6, 6.07) is 0.925. The molecule has 0 aliphatic heterocycles. The molecule has 0 aliphatic carbocycles. The topological polar surface area (TPSA) is 12.0 Å². The lowest BCUT2D eigenvalue weighted by molar-refractivity contribution is 0.143. The third-order valence-corrected chi connectivity index (χ3v) is 5.39. The lowest BCUT2D eigenvalue weighted by atomic mass is 10.2. The Morgan fingerprint density at radius 1 is 1.21 bits per heavy atom. The van der Waals surface area contributed by atoms with Gasteiger partial charge in [0.05, 0.1) is 0 Å². The number of hydrogen-bond donors (Lipinski definition) is 1. The molecule has 0 fully saturated rings. The van der Waals surface area contributed by atoms with Crippen LogP contribution in [-0.2, 0) is 0 Å². The summed E-state index contributed by atoms with van der Waals surface area (Å²) < 4.78 is 26.6. The highest BCUT2D eigenvalue weighted by Crippen LogP contribution is 2.14. The van der Waals surface area contributed by atoms with Crippen molar-refractivity contribution in [2.45, 2.75) is 64.7 Å². The molecule has 0 aliphatic rings. The molecule has 0 bridgehead atoms. The summed E-state index contributed by atoms with van der Waals surface area (Å²) in [6.45, 7) is 8.04. The lowest BCUT2D eigenvalue weighted by Crippen LogP contribution is -2.51. The van der Waals surface area contributed by atoms with Gasteiger partial charge in [-0.25, -0.2) is 8.78 Å². The van der Waals surface area contributed by atoms with Gasteiger partial charge in [-0.3, -0.25) is 0 Å². The third kappa shape index (κ3) is 5.70. The Morgan fingerprint density at radius 3 is 2.21 bits per heavy atom. The number of nitrogens with one attached hydrogen (secondary N) is 1. The second-order valence-electron chi connectivity index (χ2n) is 4.44. The summed E-state index contributed by atoms with van der Waals surface area (Å²) in [5.74, 6) is 0. The van der Waals surface area contributed by atoms with E-state index < -0.39 is 20.7 Å². The van der Waals surface area contributed by atoms with Gasteiger partial charge in [-0.1, -0.05) is 39.8 Å². The molecule has 0 heterocycles. The van der Waals surface area contributed by atoms with Crippen LogP contribution in [0.3, 0.4) is 0 Å². The average molecular weight is 223 g/mol. The van der Waals surface area contributed by atoms with E-state index in [2.05, 4.69) is 4.98 Å². The smallest absolute Gasteiger partial charge is 0.176 e. The van der Waals surface area contributed by atoms with E-state index in [9.17, 15) is 8.78 Å². The van der Waals surface area contributed by atoms with Crippen LogP contribution in [-0.4, -0.2) is 20.7 Å². The van der Waals surface area contributed by atoms with Crippen LogP contribution >= 0.6 is 0 Å². The number of rotatable bonds is 7. The first-order chi connectivity index (χ1) is 6.43. The van der Waals surface area contributed by atoms with E-state index in [1.807, 2.05) is 26.9 Å². The summed E-state index contributed by atoms with van der Waals surface area (Å²) in [4.78, 5) is 2.81. The van der Waals surface area contributed by atoms with Crippen molar-refractivity contribution in [2.24, 2.45) is 0 Å². The maximum atomic E-state index is 13.4. The largest absolute Gasteiger partial charge is 0.306 e. The van der Waals surface area contributed by atoms with Gasteiger partial charge >= 0.3 is 0 Å². The zero-order valence-corrected chi connectivity index (χ0v) is 10.7. The van der Waals surface area contributed by atoms with Gasteiger partial charge in [-0.2, -0.15) is 0 Å². The van der Waals surface area contributed by atoms with Crippen molar-refractivity contribution in [3.63, 3.8) is 0 Å². The van der Waals surface area contributed by atoms with Crippen molar-refractivity contribution in [2.75, 3.05) is 0 Å². The highest BCUT2D eigenvalue weighted by atomic mass is 28.3. The summed E-state index contributed by atoms with van der Waals surface area (Å²) in [7, 11) is -1.71. The molecule has 0 radical (unpaired) electrons. The molecule has 0 aromatic heterocycles. The van der Waals surface area contributed by atoms with Crippen LogP contribution in [0.15, 0.2) is 0 Å². The standard InChI is InChI=1S/C10H23F2NSi/c1-5-7-8-9(11)10(12)13-14(3,4)6-2/h9-10,13H,5-8H2,1-4H3. The molecular formula is C10H23F2NSi. The van der Waals surface area contributed by atoms with Crippen LogP contribution in [0.5, 0.6) is 0 Å². The Labute approximate surface area is 87.4 Å². The monoisotopic (exact) mass is 223 g/mol. The highest BCUT2D eigenvalue weighted by Gasteiger charge is 2.27. The van der Waals surface area contributed by atoms with Crippen LogP contribution in [0.4, 0.5) is 8.78 Å². The number of halogens is 2. The lowest BCUT2D eigenvalue weighted by Gasteiger charge is -2.26. The van der Waals surface area contributed by atoms with Crippen molar-refractivity contribution >= 4 is 8.24 Å². The number of hydrogen-bond acceptors (Lipinski definition) is 1. The molecular weight excluding hydrogens is 200 g/mol. The van der Waals surface area contributed by atoms with Crippen molar-refractivity contribution in [3.05, 3.63) is 0 Å². The third-order valence-electron chi connectivity index (χ3n) is 2.56. The summed E-state index contributed by atoms with van der Waals surface area (Å²) >= 11 is 0. The fraction of sp³-hybridized carbons (Fsp3) is 1.00. The second-order valence-corrected chi connectivity index (χ2v) is 9.21. The van der Waals surface area contributed by atoms with Crippen LogP contribution < -0.4 is 4.98 Å². The van der Waals surface area contributed by atoms with Crippen molar-refractivity contribution in [1.82, 2.24) is 4.98 Å². The summed E-state index contributed by atoms with van der Waals surface area (Å²) in [5.41, 5.74) is 0. The maximum Gasteiger partial charge on any atom is 0.176 e. The Balaban J connectivity index is 3.87. The zero-order chi connectivity index (χ0) is 11.2. The molecule has 2 atom stereocenters. The Morgan fingerprint density at radius 2 is 1.79 bits per heavy atom. The van der Waals surface area contributed by atoms with Crippen LogP contribution in [0.1, 0.15) is 33.1 Å². The van der Waals surface area contributed by atoms with Gasteiger partial charge in [-0.15, -0.1) is 0 Å². The molecule has 86 valence electrons. The van der Waals surface area contributed by atoms with E-state index >= 15 is 0 Å². The first kappa shape index (κ1) is 14.0. The molecule has 1 N–H and O–H groups in total. The highest BCUT2D eigenvalue weighted by molar-refractivity contribution is 6.74. The first-order valence-electron chi connectivity index (χ1n) is 5.48. The fourth-order valence-electron chi connectivity index (χ4n) is 1.11. The molecule has 4 heteroatoms.